The van der Waals surface area contributed by atoms with E-state index in [0.717, 1.165) is 51.9 Å². The zero-order valence-electron chi connectivity index (χ0n) is 38.8. The Morgan fingerprint density at radius 3 is 1.03 bits per heavy atom. The molecule has 0 radical (unpaired) electrons. The number of hydrogen-bond acceptors (Lipinski definition) is 12. The van der Waals surface area contributed by atoms with Crippen molar-refractivity contribution >= 4 is 103 Å². The first-order chi connectivity index (χ1) is 31.5. The van der Waals surface area contributed by atoms with Gasteiger partial charge in [-0.3, -0.25) is 9.59 Å². The summed E-state index contributed by atoms with van der Waals surface area (Å²) in [5.74, 6) is -1.48. The molecular weight excluding hydrogens is 941 g/mol. The molecule has 0 spiro atoms. The monoisotopic (exact) mass is 996 g/mol. The van der Waals surface area contributed by atoms with Crippen molar-refractivity contribution in [3.8, 4) is 39.0 Å². The zero-order valence-corrected chi connectivity index (χ0v) is 43.7. The number of amides is 4. The van der Waals surface area contributed by atoms with Crippen LogP contribution < -0.4 is 0 Å². The highest BCUT2D eigenvalue weighted by atomic mass is 32.1. The van der Waals surface area contributed by atoms with Crippen molar-refractivity contribution in [1.29, 1.82) is 0 Å². The molecule has 6 aromatic rings. The molecule has 2 aliphatic rings. The van der Waals surface area contributed by atoms with Crippen LogP contribution in [0.15, 0.2) is 83.9 Å². The van der Waals surface area contributed by atoms with Crippen molar-refractivity contribution in [3.63, 3.8) is 0 Å². The maximum Gasteiger partial charge on any atom is 0.422 e. The van der Waals surface area contributed by atoms with Crippen LogP contribution in [-0.4, -0.2) is 45.0 Å². The lowest BCUT2D eigenvalue weighted by molar-refractivity contribution is -0.123. The molecule has 4 amide bonds. The summed E-state index contributed by atoms with van der Waals surface area (Å²) in [6.45, 7) is 14.8. The quantitative estimate of drug-likeness (QED) is 0.0897. The number of thiophene rings is 6. The SMILES string of the molecule is CCCCCCc1ccc(-c2ccc(-c3ccc(C4=C5C(=O)N(C(=O)OC(C)(C)C)C(c6ccc(-c7ccc(-c8ccc(CCCCCC)s8)s7)s6)=C5C(=O)N4C(=O)OC(C)(C)C)s3)s2)s1. The van der Waals surface area contributed by atoms with Crippen molar-refractivity contribution in [2.45, 2.75) is 131 Å². The standard InChI is InChI=1S/C52H56N2O6S6/c1-9-11-13-15-17-31-19-21-33(61-31)35-23-25-37(63-35)39-27-29-41(65-39)45-43-44(48(56)53(45)49(57)59-51(3,4)5)46(54(47(43)55)50(58)60-52(6,7)8)42-30-28-40(66-42)38-26-24-36(64-38)34-22-20-32(62-34)18-16-14-12-10-2/h19-30H,9-18H2,1-8H3. The summed E-state index contributed by atoms with van der Waals surface area (Å²) in [6, 6.07) is 24.9. The predicted molar refractivity (Wildman–Crippen MR) is 278 cm³/mol. The van der Waals surface area contributed by atoms with E-state index in [-0.39, 0.29) is 22.5 Å². The van der Waals surface area contributed by atoms with E-state index in [4.69, 9.17) is 9.47 Å². The predicted octanol–water partition coefficient (Wildman–Crippen LogP) is 16.6. The molecule has 14 heteroatoms. The van der Waals surface area contributed by atoms with Crippen LogP contribution in [0.3, 0.4) is 0 Å². The van der Waals surface area contributed by atoms with Crippen LogP contribution in [-0.2, 0) is 31.9 Å². The summed E-state index contributed by atoms with van der Waals surface area (Å²) in [5.41, 5.74) is -1.76. The molecule has 8 rings (SSSR count). The fraction of sp³-hybridized carbons (Fsp3) is 0.385. The van der Waals surface area contributed by atoms with E-state index in [1.54, 1.807) is 64.2 Å². The Bertz CT molecular complexity index is 2630. The molecule has 0 fully saturated rings. The van der Waals surface area contributed by atoms with Crippen molar-refractivity contribution in [3.05, 3.63) is 103 Å². The second kappa shape index (κ2) is 20.0. The number of carbonyl (C=O) groups excluding carboxylic acids is 4. The van der Waals surface area contributed by atoms with E-state index in [9.17, 15) is 19.2 Å². The molecule has 346 valence electrons. The lowest BCUT2D eigenvalue weighted by Crippen LogP contribution is -2.40. The molecule has 0 bridgehead atoms. The van der Waals surface area contributed by atoms with Crippen LogP contribution in [0.2, 0.25) is 0 Å². The summed E-state index contributed by atoms with van der Waals surface area (Å²) in [5, 5.41) is 0. The summed E-state index contributed by atoms with van der Waals surface area (Å²) in [6.07, 6.45) is 10.2. The third kappa shape index (κ3) is 10.5. The van der Waals surface area contributed by atoms with Gasteiger partial charge in [-0.15, -0.1) is 68.0 Å². The van der Waals surface area contributed by atoms with Crippen LogP contribution in [0.1, 0.15) is 126 Å². The molecule has 8 nitrogen and oxygen atoms in total. The van der Waals surface area contributed by atoms with Gasteiger partial charge in [0.2, 0.25) is 0 Å². The highest BCUT2D eigenvalue weighted by molar-refractivity contribution is 7.27. The van der Waals surface area contributed by atoms with E-state index in [1.165, 1.54) is 93.5 Å². The average Bonchev–Trinajstić information content (AvgIpc) is 4.09. The number of nitrogens with zero attached hydrogens (tertiary/aromatic N) is 2. The molecule has 0 aromatic carbocycles. The highest BCUT2D eigenvalue weighted by Gasteiger charge is 2.54. The van der Waals surface area contributed by atoms with E-state index in [1.807, 2.05) is 46.9 Å². The fourth-order valence-corrected chi connectivity index (χ4v) is 14.4. The highest BCUT2D eigenvalue weighted by Crippen LogP contribution is 2.52. The number of carbonyl (C=O) groups is 4. The summed E-state index contributed by atoms with van der Waals surface area (Å²) in [7, 11) is 0. The Hall–Kier alpha value is -4.44. The Morgan fingerprint density at radius 1 is 0.424 bits per heavy atom. The topological polar surface area (TPSA) is 93.2 Å². The largest absolute Gasteiger partial charge is 0.443 e. The average molecular weight is 997 g/mol. The van der Waals surface area contributed by atoms with Crippen LogP contribution >= 0.6 is 68.0 Å². The Morgan fingerprint density at radius 2 is 0.712 bits per heavy atom. The normalized spacial score (nSPS) is 14.4. The van der Waals surface area contributed by atoms with Crippen LogP contribution in [0.5, 0.6) is 0 Å². The summed E-state index contributed by atoms with van der Waals surface area (Å²) >= 11 is 9.78. The maximum absolute atomic E-state index is 15.0. The third-order valence-corrected chi connectivity index (χ3v) is 18.3. The van der Waals surface area contributed by atoms with Gasteiger partial charge in [-0.25, -0.2) is 19.4 Å². The van der Waals surface area contributed by atoms with Crippen LogP contribution in [0.25, 0.3) is 50.4 Å². The fourth-order valence-electron chi connectivity index (χ4n) is 7.88. The van der Waals surface area contributed by atoms with Gasteiger partial charge in [0.25, 0.3) is 11.8 Å². The van der Waals surface area contributed by atoms with E-state index >= 15 is 0 Å². The molecule has 66 heavy (non-hydrogen) atoms. The lowest BCUT2D eigenvalue weighted by atomic mass is 10.1. The van der Waals surface area contributed by atoms with Gasteiger partial charge in [0.05, 0.1) is 32.3 Å². The third-order valence-electron chi connectivity index (χ3n) is 10.9. The number of imide groups is 2. The first kappa shape index (κ1) is 48.0. The number of hydrogen-bond donors (Lipinski definition) is 0. The minimum atomic E-state index is -0.943. The number of unbranched alkanes of at least 4 members (excludes halogenated alkanes) is 6. The minimum Gasteiger partial charge on any atom is -0.443 e. The molecule has 8 heterocycles. The van der Waals surface area contributed by atoms with Crippen molar-refractivity contribution in [2.24, 2.45) is 0 Å². The van der Waals surface area contributed by atoms with Gasteiger partial charge < -0.3 is 9.47 Å². The Kier molecular flexibility index (Phi) is 14.6. The number of rotatable bonds is 16. The Labute approximate surface area is 412 Å². The van der Waals surface area contributed by atoms with Crippen molar-refractivity contribution in [1.82, 2.24) is 9.80 Å². The molecule has 0 saturated heterocycles. The summed E-state index contributed by atoms with van der Waals surface area (Å²) < 4.78 is 11.7. The van der Waals surface area contributed by atoms with E-state index < -0.39 is 35.2 Å². The first-order valence-corrected chi connectivity index (χ1v) is 27.7. The molecule has 0 N–H and O–H groups in total. The Balaban J connectivity index is 1.17. The van der Waals surface area contributed by atoms with Gasteiger partial charge in [0.1, 0.15) is 11.2 Å². The molecule has 0 atom stereocenters. The molecule has 6 aromatic heterocycles. The first-order valence-electron chi connectivity index (χ1n) is 22.8. The lowest BCUT2D eigenvalue weighted by Gasteiger charge is -2.27. The van der Waals surface area contributed by atoms with Crippen molar-refractivity contribution in [2.75, 3.05) is 0 Å². The second-order valence-electron chi connectivity index (χ2n) is 18.5. The molecule has 0 saturated carbocycles. The number of ether oxygens (including phenoxy) is 2. The maximum atomic E-state index is 15.0. The van der Waals surface area contributed by atoms with Gasteiger partial charge in [0, 0.05) is 48.8 Å². The smallest absolute Gasteiger partial charge is 0.422 e. The van der Waals surface area contributed by atoms with Crippen LogP contribution in [0, 0.1) is 0 Å². The van der Waals surface area contributed by atoms with Crippen LogP contribution in [0.4, 0.5) is 9.59 Å². The second-order valence-corrected chi connectivity index (χ2v) is 25.2. The molecular formula is C52H56N2O6S6. The molecule has 0 unspecified atom stereocenters. The van der Waals surface area contributed by atoms with E-state index in [0.29, 0.717) is 9.75 Å². The minimum absolute atomic E-state index is 0.0337. The van der Waals surface area contributed by atoms with Gasteiger partial charge in [-0.05, 0) is 140 Å². The number of fused-ring (bicyclic) bond motifs is 1. The van der Waals surface area contributed by atoms with Gasteiger partial charge in [-0.2, -0.15) is 0 Å². The summed E-state index contributed by atoms with van der Waals surface area (Å²) in [4.78, 5) is 72.7. The van der Waals surface area contributed by atoms with Gasteiger partial charge >= 0.3 is 12.2 Å². The van der Waals surface area contributed by atoms with Crippen molar-refractivity contribution < 1.29 is 28.7 Å². The van der Waals surface area contributed by atoms with Gasteiger partial charge in [0.15, 0.2) is 0 Å². The van der Waals surface area contributed by atoms with Gasteiger partial charge in [-0.1, -0.05) is 52.4 Å². The molecule has 0 aliphatic carbocycles. The zero-order chi connectivity index (χ0) is 46.9. The molecule has 2 aliphatic heterocycles. The number of aryl methyl sites for hydroxylation is 2. The van der Waals surface area contributed by atoms with E-state index in [2.05, 4.69) is 62.4 Å².